The van der Waals surface area contributed by atoms with Crippen LogP contribution in [-0.2, 0) is 16.1 Å². The van der Waals surface area contributed by atoms with E-state index in [1.165, 1.54) is 12.8 Å². The van der Waals surface area contributed by atoms with E-state index in [2.05, 4.69) is 22.2 Å². The van der Waals surface area contributed by atoms with Crippen molar-refractivity contribution in [2.45, 2.75) is 32.8 Å². The van der Waals surface area contributed by atoms with Gasteiger partial charge in [0.2, 0.25) is 5.88 Å². The summed E-state index contributed by atoms with van der Waals surface area (Å²) in [5.41, 5.74) is 6.47. The van der Waals surface area contributed by atoms with Crippen LogP contribution in [0, 0.1) is 0 Å². The fraction of sp³-hybridized carbons (Fsp3) is 0.714. The monoisotopic (exact) mass is 298 g/mol. The number of aromatic nitrogens is 2. The van der Waals surface area contributed by atoms with Gasteiger partial charge < -0.3 is 25.3 Å². The average molecular weight is 298 g/mol. The van der Waals surface area contributed by atoms with Gasteiger partial charge >= 0.3 is 0 Å². The summed E-state index contributed by atoms with van der Waals surface area (Å²) < 4.78 is 15.6. The Bertz CT molecular complexity index is 415. The predicted octanol–water partition coefficient (Wildman–Crippen LogP) is 1.83. The van der Waals surface area contributed by atoms with Crippen molar-refractivity contribution < 1.29 is 14.2 Å². The first kappa shape index (κ1) is 17.5. The zero-order valence-electron chi connectivity index (χ0n) is 13.1. The molecule has 0 aliphatic rings. The molecule has 0 bridgehead atoms. The Morgan fingerprint density at radius 3 is 2.57 bits per heavy atom. The summed E-state index contributed by atoms with van der Waals surface area (Å²) in [6, 6.07) is 0. The van der Waals surface area contributed by atoms with E-state index >= 15 is 0 Å². The predicted molar refractivity (Wildman–Crippen MR) is 82.5 cm³/mol. The Balaban J connectivity index is 2.77. The van der Waals surface area contributed by atoms with Crippen molar-refractivity contribution in [3.8, 4) is 5.88 Å². The normalized spacial score (nSPS) is 10.6. The van der Waals surface area contributed by atoms with Gasteiger partial charge in [-0.05, 0) is 6.42 Å². The van der Waals surface area contributed by atoms with Crippen molar-refractivity contribution in [2.75, 3.05) is 45.0 Å². The van der Waals surface area contributed by atoms with Gasteiger partial charge in [0, 0.05) is 20.8 Å². The van der Waals surface area contributed by atoms with Gasteiger partial charge in [-0.1, -0.05) is 19.8 Å². The minimum absolute atomic E-state index is 0.310. The summed E-state index contributed by atoms with van der Waals surface area (Å²) in [5.74, 6) is 1.50. The molecule has 0 unspecified atom stereocenters. The molecule has 1 aromatic heterocycles. The highest BCUT2D eigenvalue weighted by Gasteiger charge is 2.13. The summed E-state index contributed by atoms with van der Waals surface area (Å²) in [4.78, 5) is 8.63. The van der Waals surface area contributed by atoms with Crippen molar-refractivity contribution in [3.05, 3.63) is 5.82 Å². The third-order valence-electron chi connectivity index (χ3n) is 2.83. The largest absolute Gasteiger partial charge is 0.474 e. The smallest absolute Gasteiger partial charge is 0.243 e. The van der Waals surface area contributed by atoms with Crippen LogP contribution in [0.5, 0.6) is 5.88 Å². The molecular weight excluding hydrogens is 272 g/mol. The number of nitrogens with two attached hydrogens (primary N) is 1. The number of nitrogen functional groups attached to an aromatic ring is 1. The van der Waals surface area contributed by atoms with Gasteiger partial charge in [-0.2, -0.15) is 4.98 Å². The van der Waals surface area contributed by atoms with E-state index in [9.17, 15) is 0 Å². The number of unbranched alkanes of at least 4 members (excludes halogenated alkanes) is 2. The molecule has 3 N–H and O–H groups in total. The molecule has 0 aliphatic heterocycles. The van der Waals surface area contributed by atoms with Crippen LogP contribution in [0.4, 0.5) is 11.5 Å². The van der Waals surface area contributed by atoms with Crippen LogP contribution in [0.15, 0.2) is 0 Å². The lowest BCUT2D eigenvalue weighted by atomic mass is 10.2. The van der Waals surface area contributed by atoms with Crippen molar-refractivity contribution in [1.82, 2.24) is 9.97 Å². The van der Waals surface area contributed by atoms with Gasteiger partial charge in [0.05, 0.1) is 6.61 Å². The molecule has 0 radical (unpaired) electrons. The number of nitrogens with zero attached hydrogens (tertiary/aromatic N) is 2. The Labute approximate surface area is 126 Å². The van der Waals surface area contributed by atoms with E-state index in [1.807, 2.05) is 0 Å². The standard InChI is InChI=1S/C14H26N4O3/c1-4-5-6-7-16-13-12(15)14(21-9-8-19-2)18-11(17-13)10-20-3/h4-10,15H2,1-3H3,(H,16,17,18). The lowest BCUT2D eigenvalue weighted by Crippen LogP contribution is -2.13. The van der Waals surface area contributed by atoms with Crippen molar-refractivity contribution in [2.24, 2.45) is 0 Å². The maximum atomic E-state index is 6.05. The highest BCUT2D eigenvalue weighted by atomic mass is 16.5. The molecule has 7 heteroatoms. The fourth-order valence-corrected chi connectivity index (χ4v) is 1.73. The average Bonchev–Trinajstić information content (AvgIpc) is 2.48. The molecule has 0 amide bonds. The SMILES string of the molecule is CCCCCNc1nc(COC)nc(OCCOC)c1N. The molecule has 1 aromatic rings. The fourth-order valence-electron chi connectivity index (χ4n) is 1.73. The molecule has 1 rings (SSSR count). The molecule has 0 atom stereocenters. The van der Waals surface area contributed by atoms with Gasteiger partial charge in [-0.3, -0.25) is 0 Å². The molecule has 0 aromatic carbocycles. The molecule has 7 nitrogen and oxygen atoms in total. The molecule has 0 spiro atoms. The summed E-state index contributed by atoms with van der Waals surface area (Å²) >= 11 is 0. The second-order valence-corrected chi connectivity index (χ2v) is 4.62. The maximum Gasteiger partial charge on any atom is 0.243 e. The number of hydrogen-bond donors (Lipinski definition) is 2. The van der Waals surface area contributed by atoms with Crippen LogP contribution in [0.25, 0.3) is 0 Å². The van der Waals surface area contributed by atoms with Crippen LogP contribution < -0.4 is 15.8 Å². The molecular formula is C14H26N4O3. The first-order valence-corrected chi connectivity index (χ1v) is 7.23. The van der Waals surface area contributed by atoms with Crippen LogP contribution in [0.2, 0.25) is 0 Å². The highest BCUT2D eigenvalue weighted by Crippen LogP contribution is 2.26. The van der Waals surface area contributed by atoms with Gasteiger partial charge in [0.1, 0.15) is 18.9 Å². The Morgan fingerprint density at radius 2 is 1.90 bits per heavy atom. The number of methoxy groups -OCH3 is 2. The van der Waals surface area contributed by atoms with Gasteiger partial charge in [0.15, 0.2) is 11.6 Å². The van der Waals surface area contributed by atoms with Gasteiger partial charge in [-0.25, -0.2) is 4.98 Å². The highest BCUT2D eigenvalue weighted by molar-refractivity contribution is 5.66. The number of nitrogens with one attached hydrogen (secondary N) is 1. The maximum absolute atomic E-state index is 6.05. The molecule has 0 aliphatic carbocycles. The lowest BCUT2D eigenvalue weighted by Gasteiger charge is -2.14. The third kappa shape index (κ3) is 6.14. The summed E-state index contributed by atoms with van der Waals surface area (Å²) in [6.45, 7) is 4.16. The van der Waals surface area contributed by atoms with Crippen molar-refractivity contribution in [3.63, 3.8) is 0 Å². The summed E-state index contributed by atoms with van der Waals surface area (Å²) in [6.07, 6.45) is 3.40. The summed E-state index contributed by atoms with van der Waals surface area (Å²) in [5, 5.41) is 3.23. The molecule has 0 saturated heterocycles. The third-order valence-corrected chi connectivity index (χ3v) is 2.83. The topological polar surface area (TPSA) is 91.5 Å². The molecule has 120 valence electrons. The van der Waals surface area contributed by atoms with Crippen molar-refractivity contribution >= 4 is 11.5 Å². The minimum Gasteiger partial charge on any atom is -0.474 e. The van der Waals surface area contributed by atoms with Crippen LogP contribution in [0.3, 0.4) is 0 Å². The Morgan fingerprint density at radius 1 is 1.10 bits per heavy atom. The zero-order valence-corrected chi connectivity index (χ0v) is 13.1. The van der Waals surface area contributed by atoms with Gasteiger partial charge in [-0.15, -0.1) is 0 Å². The first-order valence-electron chi connectivity index (χ1n) is 7.23. The van der Waals surface area contributed by atoms with Gasteiger partial charge in [0.25, 0.3) is 0 Å². The number of hydrogen-bond acceptors (Lipinski definition) is 7. The number of ether oxygens (including phenoxy) is 3. The second kappa shape index (κ2) is 10.2. The van der Waals surface area contributed by atoms with Crippen LogP contribution >= 0.6 is 0 Å². The van der Waals surface area contributed by atoms with E-state index in [-0.39, 0.29) is 0 Å². The Kier molecular flexibility index (Phi) is 8.45. The van der Waals surface area contributed by atoms with Crippen molar-refractivity contribution in [1.29, 1.82) is 0 Å². The van der Waals surface area contributed by atoms with E-state index < -0.39 is 0 Å². The van der Waals surface area contributed by atoms with E-state index in [0.717, 1.165) is 13.0 Å². The quantitative estimate of drug-likeness (QED) is 0.602. The Hall–Kier alpha value is -1.60. The molecule has 21 heavy (non-hydrogen) atoms. The second-order valence-electron chi connectivity index (χ2n) is 4.62. The van der Waals surface area contributed by atoms with E-state index in [0.29, 0.717) is 43.0 Å². The molecule has 0 saturated carbocycles. The minimum atomic E-state index is 0.310. The van der Waals surface area contributed by atoms with E-state index in [1.54, 1.807) is 14.2 Å². The molecule has 0 fully saturated rings. The van der Waals surface area contributed by atoms with Crippen LogP contribution in [0.1, 0.15) is 32.0 Å². The molecule has 1 heterocycles. The van der Waals surface area contributed by atoms with E-state index in [4.69, 9.17) is 19.9 Å². The zero-order chi connectivity index (χ0) is 15.5. The van der Waals surface area contributed by atoms with Crippen LogP contribution in [-0.4, -0.2) is 43.9 Å². The number of rotatable bonds is 11. The first-order chi connectivity index (χ1) is 10.2. The lowest BCUT2D eigenvalue weighted by molar-refractivity contribution is 0.142. The summed E-state index contributed by atoms with van der Waals surface area (Å²) in [7, 11) is 3.21. The number of anilines is 2.